The van der Waals surface area contributed by atoms with Crippen LogP contribution in [0.5, 0.6) is 0 Å². The highest BCUT2D eigenvalue weighted by atomic mass is 32.2. The number of hydrogen-bond donors (Lipinski definition) is 2. The number of unbranched alkanes of at least 4 members (excludes halogenated alkanes) is 1. The molecule has 1 amide bonds. The van der Waals surface area contributed by atoms with E-state index in [1.165, 1.54) is 17.8 Å². The van der Waals surface area contributed by atoms with Gasteiger partial charge in [0, 0.05) is 0 Å². The lowest BCUT2D eigenvalue weighted by Gasteiger charge is -2.05. The van der Waals surface area contributed by atoms with Crippen molar-refractivity contribution in [2.24, 2.45) is 5.73 Å². The molecule has 0 saturated heterocycles. The van der Waals surface area contributed by atoms with Crippen LogP contribution < -0.4 is 11.1 Å². The first-order valence-corrected chi connectivity index (χ1v) is 6.71. The highest BCUT2D eigenvalue weighted by Crippen LogP contribution is 2.13. The van der Waals surface area contributed by atoms with Crippen molar-refractivity contribution in [2.75, 3.05) is 23.4 Å². The van der Waals surface area contributed by atoms with Gasteiger partial charge in [0.05, 0.1) is 11.4 Å². The molecule has 0 radical (unpaired) electrons. The Morgan fingerprint density at radius 3 is 2.82 bits per heavy atom. The van der Waals surface area contributed by atoms with Crippen molar-refractivity contribution in [3.05, 3.63) is 30.1 Å². The van der Waals surface area contributed by atoms with E-state index in [0.29, 0.717) is 12.3 Å². The number of halogens is 1. The number of nitrogens with one attached hydrogen (secondary N) is 1. The van der Waals surface area contributed by atoms with Crippen LogP contribution in [0.3, 0.4) is 0 Å². The first kappa shape index (κ1) is 14.0. The Balaban J connectivity index is 2.23. The van der Waals surface area contributed by atoms with E-state index < -0.39 is 5.82 Å². The van der Waals surface area contributed by atoms with Gasteiger partial charge in [0.1, 0.15) is 5.82 Å². The molecule has 1 aromatic carbocycles. The standard InChI is InChI=1S/C12H17FN2OS/c13-10-5-1-2-6-11(10)15-12(16)9-17-8-4-3-7-14/h1-2,5-6H,3-4,7-9,14H2,(H,15,16). The Morgan fingerprint density at radius 1 is 1.35 bits per heavy atom. The van der Waals surface area contributed by atoms with Crippen molar-refractivity contribution in [2.45, 2.75) is 12.8 Å². The fourth-order valence-corrected chi connectivity index (χ4v) is 2.07. The van der Waals surface area contributed by atoms with Gasteiger partial charge >= 0.3 is 0 Å². The summed E-state index contributed by atoms with van der Waals surface area (Å²) in [6.07, 6.45) is 1.98. The van der Waals surface area contributed by atoms with Gasteiger partial charge in [0.2, 0.25) is 5.91 Å². The maximum Gasteiger partial charge on any atom is 0.234 e. The van der Waals surface area contributed by atoms with E-state index in [0.717, 1.165) is 18.6 Å². The molecule has 0 bridgehead atoms. The summed E-state index contributed by atoms with van der Waals surface area (Å²) >= 11 is 1.54. The second-order valence-corrected chi connectivity index (χ2v) is 4.68. The molecule has 0 aliphatic rings. The average molecular weight is 256 g/mol. The molecule has 0 spiro atoms. The highest BCUT2D eigenvalue weighted by molar-refractivity contribution is 7.99. The van der Waals surface area contributed by atoms with Gasteiger partial charge in [-0.15, -0.1) is 0 Å². The Kier molecular flexibility index (Phi) is 6.65. The molecule has 0 aromatic heterocycles. The first-order valence-electron chi connectivity index (χ1n) is 5.56. The predicted molar refractivity (Wildman–Crippen MR) is 70.6 cm³/mol. The summed E-state index contributed by atoms with van der Waals surface area (Å²) in [4.78, 5) is 11.5. The first-order chi connectivity index (χ1) is 8.24. The number of para-hydroxylation sites is 1. The molecule has 0 heterocycles. The second kappa shape index (κ2) is 8.08. The minimum atomic E-state index is -0.408. The zero-order chi connectivity index (χ0) is 12.5. The van der Waals surface area contributed by atoms with Gasteiger partial charge < -0.3 is 11.1 Å². The van der Waals surface area contributed by atoms with Crippen LogP contribution in [0.2, 0.25) is 0 Å². The van der Waals surface area contributed by atoms with Crippen molar-refractivity contribution in [3.63, 3.8) is 0 Å². The minimum Gasteiger partial charge on any atom is -0.330 e. The summed E-state index contributed by atoms with van der Waals surface area (Å²) in [7, 11) is 0. The van der Waals surface area contributed by atoms with Crippen molar-refractivity contribution in [1.82, 2.24) is 0 Å². The lowest BCUT2D eigenvalue weighted by atomic mass is 10.3. The molecule has 0 atom stereocenters. The molecule has 0 fully saturated rings. The van der Waals surface area contributed by atoms with Gasteiger partial charge in [-0.05, 0) is 37.3 Å². The molecule has 0 unspecified atom stereocenters. The van der Waals surface area contributed by atoms with Gasteiger partial charge in [0.15, 0.2) is 0 Å². The molecule has 3 nitrogen and oxygen atoms in total. The Labute approximate surface area is 105 Å². The summed E-state index contributed by atoms with van der Waals surface area (Å²) in [6, 6.07) is 6.15. The Hall–Kier alpha value is -1.07. The topological polar surface area (TPSA) is 55.1 Å². The van der Waals surface area contributed by atoms with Crippen molar-refractivity contribution in [1.29, 1.82) is 0 Å². The van der Waals surface area contributed by atoms with Gasteiger partial charge in [0.25, 0.3) is 0 Å². The van der Waals surface area contributed by atoms with E-state index in [1.54, 1.807) is 18.2 Å². The SMILES string of the molecule is NCCCCSCC(=O)Nc1ccccc1F. The summed E-state index contributed by atoms with van der Waals surface area (Å²) in [5, 5.41) is 2.54. The van der Waals surface area contributed by atoms with Crippen LogP contribution in [0, 0.1) is 5.82 Å². The number of amides is 1. The largest absolute Gasteiger partial charge is 0.330 e. The van der Waals surface area contributed by atoms with E-state index >= 15 is 0 Å². The van der Waals surface area contributed by atoms with E-state index in [9.17, 15) is 9.18 Å². The summed E-state index contributed by atoms with van der Waals surface area (Å²) in [5.41, 5.74) is 5.60. The van der Waals surface area contributed by atoms with Crippen LogP contribution in [-0.2, 0) is 4.79 Å². The minimum absolute atomic E-state index is 0.173. The third kappa shape index (κ3) is 5.70. The maximum absolute atomic E-state index is 13.2. The third-order valence-electron chi connectivity index (χ3n) is 2.12. The van der Waals surface area contributed by atoms with Crippen LogP contribution >= 0.6 is 11.8 Å². The predicted octanol–water partition coefficient (Wildman–Crippen LogP) is 2.24. The number of carbonyl (C=O) groups excluding carboxylic acids is 1. The Morgan fingerprint density at radius 2 is 2.12 bits per heavy atom. The highest BCUT2D eigenvalue weighted by Gasteiger charge is 2.05. The lowest BCUT2D eigenvalue weighted by Crippen LogP contribution is -2.15. The number of carbonyl (C=O) groups is 1. The average Bonchev–Trinajstić information content (AvgIpc) is 2.32. The molecular formula is C12H17FN2OS. The molecule has 0 aliphatic carbocycles. The van der Waals surface area contributed by atoms with Gasteiger partial charge in [-0.3, -0.25) is 4.79 Å². The molecule has 5 heteroatoms. The monoisotopic (exact) mass is 256 g/mol. The fraction of sp³-hybridized carbons (Fsp3) is 0.417. The Bertz CT molecular complexity index is 360. The van der Waals surface area contributed by atoms with Crippen molar-refractivity contribution < 1.29 is 9.18 Å². The summed E-state index contributed by atoms with van der Waals surface area (Å²) < 4.78 is 13.2. The van der Waals surface area contributed by atoms with Crippen LogP contribution in [0.15, 0.2) is 24.3 Å². The smallest absolute Gasteiger partial charge is 0.234 e. The normalized spacial score (nSPS) is 10.2. The van der Waals surface area contributed by atoms with E-state index in [4.69, 9.17) is 5.73 Å². The quantitative estimate of drug-likeness (QED) is 0.736. The van der Waals surface area contributed by atoms with Crippen molar-refractivity contribution in [3.8, 4) is 0 Å². The van der Waals surface area contributed by atoms with Gasteiger partial charge in [-0.25, -0.2) is 4.39 Å². The molecule has 3 N–H and O–H groups in total. The number of benzene rings is 1. The summed E-state index contributed by atoms with van der Waals surface area (Å²) in [6.45, 7) is 0.683. The van der Waals surface area contributed by atoms with Gasteiger partial charge in [-0.2, -0.15) is 11.8 Å². The number of nitrogens with two attached hydrogens (primary N) is 1. The second-order valence-electron chi connectivity index (χ2n) is 3.58. The van der Waals surface area contributed by atoms with E-state index in [2.05, 4.69) is 5.32 Å². The third-order valence-corrected chi connectivity index (χ3v) is 3.17. The molecular weight excluding hydrogens is 239 g/mol. The molecule has 1 rings (SSSR count). The van der Waals surface area contributed by atoms with E-state index in [1.807, 2.05) is 0 Å². The number of rotatable bonds is 7. The van der Waals surface area contributed by atoms with Crippen LogP contribution in [-0.4, -0.2) is 24.0 Å². The number of hydrogen-bond acceptors (Lipinski definition) is 3. The molecule has 1 aromatic rings. The zero-order valence-electron chi connectivity index (χ0n) is 9.62. The fourth-order valence-electron chi connectivity index (χ4n) is 1.26. The maximum atomic E-state index is 13.2. The van der Waals surface area contributed by atoms with Crippen LogP contribution in [0.25, 0.3) is 0 Å². The number of thioether (sulfide) groups is 1. The number of anilines is 1. The molecule has 17 heavy (non-hydrogen) atoms. The van der Waals surface area contributed by atoms with Crippen LogP contribution in [0.1, 0.15) is 12.8 Å². The van der Waals surface area contributed by atoms with Crippen LogP contribution in [0.4, 0.5) is 10.1 Å². The van der Waals surface area contributed by atoms with Gasteiger partial charge in [-0.1, -0.05) is 12.1 Å². The summed E-state index contributed by atoms with van der Waals surface area (Å²) in [5.74, 6) is 0.669. The van der Waals surface area contributed by atoms with Crippen molar-refractivity contribution >= 4 is 23.4 Å². The zero-order valence-corrected chi connectivity index (χ0v) is 10.4. The lowest BCUT2D eigenvalue weighted by molar-refractivity contribution is -0.113. The molecule has 94 valence electrons. The van der Waals surface area contributed by atoms with E-state index in [-0.39, 0.29) is 11.6 Å². The molecule has 0 saturated carbocycles. The molecule has 0 aliphatic heterocycles.